The molecule has 3 atom stereocenters. The number of carbonyl (C=O) groups is 1. The molecule has 6 heteroatoms. The number of amides is 1. The molecule has 4 rings (SSSR count). The molecule has 1 amide bonds. The van der Waals surface area contributed by atoms with Crippen molar-refractivity contribution in [3.05, 3.63) is 18.2 Å². The van der Waals surface area contributed by atoms with Crippen molar-refractivity contribution in [3.63, 3.8) is 0 Å². The highest BCUT2D eigenvalue weighted by atomic mass is 16.5. The zero-order valence-corrected chi connectivity index (χ0v) is 13.1. The van der Waals surface area contributed by atoms with Gasteiger partial charge in [0.1, 0.15) is 6.04 Å². The number of hydrogen-bond donors (Lipinski definition) is 3. The summed E-state index contributed by atoms with van der Waals surface area (Å²) in [7, 11) is 0. The van der Waals surface area contributed by atoms with Gasteiger partial charge in [-0.05, 0) is 25.0 Å². The van der Waals surface area contributed by atoms with Crippen LogP contribution in [0.4, 0.5) is 5.69 Å². The number of carbonyl (C=O) groups excluding carboxylic acids is 1. The highest BCUT2D eigenvalue weighted by Crippen LogP contribution is 2.33. The van der Waals surface area contributed by atoms with Gasteiger partial charge in [-0.15, -0.1) is 0 Å². The van der Waals surface area contributed by atoms with Gasteiger partial charge < -0.3 is 14.8 Å². The topological polar surface area (TPSA) is 71.6 Å². The fourth-order valence-corrected chi connectivity index (χ4v) is 3.76. The van der Waals surface area contributed by atoms with Crippen molar-refractivity contribution in [2.45, 2.75) is 44.2 Å². The van der Waals surface area contributed by atoms with Crippen LogP contribution in [0.5, 0.6) is 11.5 Å². The SMILES string of the molecule is O=C(Nc1ccc2c(c1)OCCCO2)C1NNC2CCCCC21. The van der Waals surface area contributed by atoms with Crippen molar-refractivity contribution in [2.75, 3.05) is 18.5 Å². The van der Waals surface area contributed by atoms with Gasteiger partial charge in [0.25, 0.3) is 0 Å². The summed E-state index contributed by atoms with van der Waals surface area (Å²) < 4.78 is 11.3. The first-order valence-electron chi connectivity index (χ1n) is 8.53. The van der Waals surface area contributed by atoms with E-state index in [2.05, 4.69) is 16.2 Å². The molecule has 3 unspecified atom stereocenters. The summed E-state index contributed by atoms with van der Waals surface area (Å²) in [6.45, 7) is 1.31. The van der Waals surface area contributed by atoms with Gasteiger partial charge >= 0.3 is 0 Å². The Hall–Kier alpha value is -1.79. The number of benzene rings is 1. The lowest BCUT2D eigenvalue weighted by Gasteiger charge is -2.26. The average molecular weight is 317 g/mol. The third-order valence-electron chi connectivity index (χ3n) is 4.97. The zero-order valence-electron chi connectivity index (χ0n) is 13.1. The van der Waals surface area contributed by atoms with Gasteiger partial charge in [-0.1, -0.05) is 12.8 Å². The van der Waals surface area contributed by atoms with Crippen LogP contribution in [0.2, 0.25) is 0 Å². The summed E-state index contributed by atoms with van der Waals surface area (Å²) in [4.78, 5) is 12.6. The van der Waals surface area contributed by atoms with Gasteiger partial charge in [-0.3, -0.25) is 10.2 Å². The number of hydrazine groups is 1. The molecule has 1 aromatic rings. The van der Waals surface area contributed by atoms with Gasteiger partial charge in [-0.2, -0.15) is 0 Å². The van der Waals surface area contributed by atoms with Gasteiger partial charge in [0.05, 0.1) is 13.2 Å². The van der Waals surface area contributed by atoms with E-state index in [1.54, 1.807) is 0 Å². The van der Waals surface area contributed by atoms with Crippen LogP contribution in [0.15, 0.2) is 18.2 Å². The minimum absolute atomic E-state index is 0.0152. The Morgan fingerprint density at radius 2 is 1.87 bits per heavy atom. The van der Waals surface area contributed by atoms with Gasteiger partial charge in [0, 0.05) is 30.1 Å². The fraction of sp³-hybridized carbons (Fsp3) is 0.588. The maximum atomic E-state index is 12.6. The molecule has 0 spiro atoms. The summed E-state index contributed by atoms with van der Waals surface area (Å²) in [5, 5.41) is 3.01. The molecule has 0 bridgehead atoms. The molecule has 2 fully saturated rings. The summed E-state index contributed by atoms with van der Waals surface area (Å²) >= 11 is 0. The smallest absolute Gasteiger partial charge is 0.243 e. The van der Waals surface area contributed by atoms with E-state index in [1.165, 1.54) is 12.8 Å². The lowest BCUT2D eigenvalue weighted by atomic mass is 9.81. The Morgan fingerprint density at radius 3 is 2.78 bits per heavy atom. The molecule has 3 N–H and O–H groups in total. The monoisotopic (exact) mass is 317 g/mol. The van der Waals surface area contributed by atoms with Crippen molar-refractivity contribution in [2.24, 2.45) is 5.92 Å². The Balaban J connectivity index is 1.45. The average Bonchev–Trinajstić information content (AvgIpc) is 2.86. The molecule has 124 valence electrons. The lowest BCUT2D eigenvalue weighted by Crippen LogP contribution is -2.42. The Morgan fingerprint density at radius 1 is 1.04 bits per heavy atom. The first-order valence-corrected chi connectivity index (χ1v) is 8.53. The molecule has 1 aromatic carbocycles. The Labute approximate surface area is 135 Å². The molecule has 1 aliphatic carbocycles. The Bertz CT molecular complexity index is 592. The molecule has 1 saturated heterocycles. The van der Waals surface area contributed by atoms with Crippen molar-refractivity contribution >= 4 is 11.6 Å². The number of ether oxygens (including phenoxy) is 2. The third kappa shape index (κ3) is 3.01. The standard InChI is InChI=1S/C17H23N3O3/c21-17(16-12-4-1-2-5-13(12)19-20-16)18-11-6-7-14-15(10-11)23-9-3-8-22-14/h6-7,10,12-13,16,19-20H,1-5,8-9H2,(H,18,21). The summed E-state index contributed by atoms with van der Waals surface area (Å²) in [6, 6.07) is 5.82. The number of fused-ring (bicyclic) bond motifs is 2. The highest BCUT2D eigenvalue weighted by molar-refractivity contribution is 5.95. The predicted molar refractivity (Wildman–Crippen MR) is 86.5 cm³/mol. The molecule has 23 heavy (non-hydrogen) atoms. The van der Waals surface area contributed by atoms with Crippen LogP contribution in [0.25, 0.3) is 0 Å². The second kappa shape index (κ2) is 6.37. The van der Waals surface area contributed by atoms with E-state index >= 15 is 0 Å². The summed E-state index contributed by atoms with van der Waals surface area (Å²) in [5.74, 6) is 1.84. The van der Waals surface area contributed by atoms with E-state index < -0.39 is 0 Å². The minimum Gasteiger partial charge on any atom is -0.490 e. The van der Waals surface area contributed by atoms with E-state index in [1.807, 2.05) is 18.2 Å². The van der Waals surface area contributed by atoms with Crippen LogP contribution in [-0.2, 0) is 4.79 Å². The minimum atomic E-state index is -0.170. The fourth-order valence-electron chi connectivity index (χ4n) is 3.76. The second-order valence-electron chi connectivity index (χ2n) is 6.52. The maximum Gasteiger partial charge on any atom is 0.243 e. The largest absolute Gasteiger partial charge is 0.490 e. The van der Waals surface area contributed by atoms with Crippen LogP contribution in [-0.4, -0.2) is 31.2 Å². The van der Waals surface area contributed by atoms with Gasteiger partial charge in [0.15, 0.2) is 11.5 Å². The van der Waals surface area contributed by atoms with E-state index in [4.69, 9.17) is 9.47 Å². The lowest BCUT2D eigenvalue weighted by molar-refractivity contribution is -0.118. The summed E-state index contributed by atoms with van der Waals surface area (Å²) in [6.07, 6.45) is 5.57. The highest BCUT2D eigenvalue weighted by Gasteiger charge is 2.40. The molecule has 6 nitrogen and oxygen atoms in total. The van der Waals surface area contributed by atoms with Gasteiger partial charge in [0.2, 0.25) is 5.91 Å². The number of hydrogen-bond acceptors (Lipinski definition) is 5. The van der Waals surface area contributed by atoms with Crippen LogP contribution >= 0.6 is 0 Å². The molecule has 0 aromatic heterocycles. The Kier molecular flexibility index (Phi) is 4.10. The molecule has 0 radical (unpaired) electrons. The molecule has 2 aliphatic heterocycles. The quantitative estimate of drug-likeness (QED) is 0.776. The van der Waals surface area contributed by atoms with E-state index in [0.29, 0.717) is 30.9 Å². The van der Waals surface area contributed by atoms with Gasteiger partial charge in [-0.25, -0.2) is 5.43 Å². The first kappa shape index (κ1) is 14.8. The van der Waals surface area contributed by atoms with Crippen LogP contribution in [0.1, 0.15) is 32.1 Å². The number of anilines is 1. The van der Waals surface area contributed by atoms with Crippen LogP contribution in [0, 0.1) is 5.92 Å². The third-order valence-corrected chi connectivity index (χ3v) is 4.97. The molecule has 1 saturated carbocycles. The number of nitrogens with one attached hydrogen (secondary N) is 3. The van der Waals surface area contributed by atoms with Crippen LogP contribution < -0.4 is 25.6 Å². The van der Waals surface area contributed by atoms with Crippen LogP contribution in [0.3, 0.4) is 0 Å². The predicted octanol–water partition coefficient (Wildman–Crippen LogP) is 1.82. The second-order valence-corrected chi connectivity index (χ2v) is 6.52. The van der Waals surface area contributed by atoms with Crippen molar-refractivity contribution in [3.8, 4) is 11.5 Å². The van der Waals surface area contributed by atoms with E-state index in [0.717, 1.165) is 30.7 Å². The normalized spacial score (nSPS) is 29.5. The van der Waals surface area contributed by atoms with E-state index in [9.17, 15) is 4.79 Å². The maximum absolute atomic E-state index is 12.6. The van der Waals surface area contributed by atoms with Crippen molar-refractivity contribution < 1.29 is 14.3 Å². The summed E-state index contributed by atoms with van der Waals surface area (Å²) in [5.41, 5.74) is 7.20. The zero-order chi connectivity index (χ0) is 15.6. The molecule has 2 heterocycles. The van der Waals surface area contributed by atoms with Crippen molar-refractivity contribution in [1.29, 1.82) is 0 Å². The van der Waals surface area contributed by atoms with E-state index in [-0.39, 0.29) is 11.9 Å². The first-order chi connectivity index (χ1) is 11.3. The number of rotatable bonds is 2. The molecular formula is C17H23N3O3. The molecular weight excluding hydrogens is 294 g/mol. The molecule has 3 aliphatic rings. The van der Waals surface area contributed by atoms with Crippen molar-refractivity contribution in [1.82, 2.24) is 10.9 Å².